The number of aryl methyl sites for hydroxylation is 1. The third kappa shape index (κ3) is 10.6. The Morgan fingerprint density at radius 2 is 1.23 bits per heavy atom. The van der Waals surface area contributed by atoms with Gasteiger partial charge in [-0.05, 0) is 12.7 Å². The van der Waals surface area contributed by atoms with Gasteiger partial charge >= 0.3 is 0 Å². The molecule has 1 aromatic rings. The Morgan fingerprint density at radius 1 is 0.727 bits per heavy atom. The number of thioether (sulfide) groups is 1. The lowest BCUT2D eigenvalue weighted by Gasteiger charge is -2.02. The van der Waals surface area contributed by atoms with Gasteiger partial charge in [0.1, 0.15) is 5.01 Å². The molecule has 22 heavy (non-hydrogen) atoms. The molecule has 1 aromatic heterocycles. The van der Waals surface area contributed by atoms with Crippen LogP contribution in [0.1, 0.15) is 95.4 Å². The Balaban J connectivity index is 1.78. The van der Waals surface area contributed by atoms with Crippen LogP contribution in [0.5, 0.6) is 0 Å². The number of nitrogens with zero attached hydrogens (tertiary/aromatic N) is 2. The highest BCUT2D eigenvalue weighted by Crippen LogP contribution is 2.21. The normalized spacial score (nSPS) is 11.2. The minimum atomic E-state index is 1.10. The lowest BCUT2D eigenvalue weighted by Crippen LogP contribution is -1.86. The van der Waals surface area contributed by atoms with E-state index in [4.69, 9.17) is 0 Å². The van der Waals surface area contributed by atoms with E-state index in [0.717, 1.165) is 10.8 Å². The zero-order chi connectivity index (χ0) is 15.9. The predicted octanol–water partition coefficient (Wildman–Crippen LogP) is 6.89. The first kappa shape index (κ1) is 20.0. The summed E-state index contributed by atoms with van der Waals surface area (Å²) >= 11 is 3.45. The molecule has 1 heterocycles. The Morgan fingerprint density at radius 3 is 1.68 bits per heavy atom. The van der Waals surface area contributed by atoms with Gasteiger partial charge in [-0.1, -0.05) is 107 Å². The second kappa shape index (κ2) is 14.5. The quantitative estimate of drug-likeness (QED) is 0.256. The smallest absolute Gasteiger partial charge is 0.143 e. The Hall–Kier alpha value is -0.0900. The van der Waals surface area contributed by atoms with E-state index in [-0.39, 0.29) is 0 Å². The van der Waals surface area contributed by atoms with Gasteiger partial charge in [-0.3, -0.25) is 0 Å². The van der Waals surface area contributed by atoms with Gasteiger partial charge in [-0.15, -0.1) is 10.2 Å². The molecule has 0 fully saturated rings. The molecule has 0 N–H and O–H groups in total. The summed E-state index contributed by atoms with van der Waals surface area (Å²) in [7, 11) is 0. The van der Waals surface area contributed by atoms with E-state index in [0.29, 0.717) is 0 Å². The van der Waals surface area contributed by atoms with Gasteiger partial charge < -0.3 is 0 Å². The number of rotatable bonds is 15. The standard InChI is InChI=1S/C18H34N2S2/c1-3-4-5-6-7-8-9-10-11-12-13-14-15-16-17-19-20-18(21-2)22-17/h3-16H2,1-2H3. The molecule has 0 saturated heterocycles. The fourth-order valence-corrected chi connectivity index (χ4v) is 4.07. The second-order valence-corrected chi connectivity index (χ2v) is 8.27. The number of hydrogen-bond donors (Lipinski definition) is 0. The first-order valence-corrected chi connectivity index (χ1v) is 11.3. The van der Waals surface area contributed by atoms with Crippen LogP contribution < -0.4 is 0 Å². The summed E-state index contributed by atoms with van der Waals surface area (Å²) in [6, 6.07) is 0. The molecule has 0 atom stereocenters. The van der Waals surface area contributed by atoms with Crippen molar-refractivity contribution in [3.05, 3.63) is 5.01 Å². The van der Waals surface area contributed by atoms with E-state index in [2.05, 4.69) is 23.4 Å². The van der Waals surface area contributed by atoms with Crippen molar-refractivity contribution in [2.75, 3.05) is 6.26 Å². The molecule has 0 aromatic carbocycles. The summed E-state index contributed by atoms with van der Waals surface area (Å²) in [4.78, 5) is 0. The molecule has 0 aliphatic rings. The van der Waals surface area contributed by atoms with Gasteiger partial charge in [0, 0.05) is 6.42 Å². The fraction of sp³-hybridized carbons (Fsp3) is 0.889. The summed E-state index contributed by atoms with van der Waals surface area (Å²) in [5.41, 5.74) is 0. The summed E-state index contributed by atoms with van der Waals surface area (Å²) in [6.45, 7) is 2.29. The monoisotopic (exact) mass is 342 g/mol. The largest absolute Gasteiger partial charge is 0.174 e. The van der Waals surface area contributed by atoms with E-state index >= 15 is 0 Å². The van der Waals surface area contributed by atoms with E-state index in [1.54, 1.807) is 23.1 Å². The van der Waals surface area contributed by atoms with Crippen molar-refractivity contribution in [3.63, 3.8) is 0 Å². The maximum Gasteiger partial charge on any atom is 0.174 e. The molecule has 2 nitrogen and oxygen atoms in total. The molecule has 0 unspecified atom stereocenters. The summed E-state index contributed by atoms with van der Waals surface area (Å²) < 4.78 is 1.10. The molecule has 0 radical (unpaired) electrons. The minimum absolute atomic E-state index is 1.10. The molecule has 0 spiro atoms. The zero-order valence-electron chi connectivity index (χ0n) is 14.6. The van der Waals surface area contributed by atoms with Crippen LogP contribution in [0.3, 0.4) is 0 Å². The van der Waals surface area contributed by atoms with Crippen molar-refractivity contribution < 1.29 is 0 Å². The Bertz CT molecular complexity index is 353. The van der Waals surface area contributed by atoms with Gasteiger partial charge in [0.05, 0.1) is 0 Å². The topological polar surface area (TPSA) is 25.8 Å². The van der Waals surface area contributed by atoms with Gasteiger partial charge in [0.2, 0.25) is 0 Å². The zero-order valence-corrected chi connectivity index (χ0v) is 16.2. The first-order valence-electron chi connectivity index (χ1n) is 9.23. The van der Waals surface area contributed by atoms with Crippen LogP contribution in [-0.2, 0) is 6.42 Å². The van der Waals surface area contributed by atoms with Gasteiger partial charge in [-0.2, -0.15) is 0 Å². The van der Waals surface area contributed by atoms with E-state index in [1.165, 1.54) is 88.5 Å². The fourth-order valence-electron chi connectivity index (χ4n) is 2.72. The van der Waals surface area contributed by atoms with Crippen LogP contribution >= 0.6 is 23.1 Å². The second-order valence-electron chi connectivity index (χ2n) is 6.16. The Labute approximate surface area is 145 Å². The summed E-state index contributed by atoms with van der Waals surface area (Å²) in [6.07, 6.45) is 21.6. The highest BCUT2D eigenvalue weighted by atomic mass is 32.2. The molecule has 1 rings (SSSR count). The van der Waals surface area contributed by atoms with Crippen molar-refractivity contribution in [2.24, 2.45) is 0 Å². The van der Waals surface area contributed by atoms with Gasteiger partial charge in [0.15, 0.2) is 4.34 Å². The van der Waals surface area contributed by atoms with Crippen LogP contribution in [0.2, 0.25) is 0 Å². The Kier molecular flexibility index (Phi) is 13.2. The molecular weight excluding hydrogens is 308 g/mol. The van der Waals surface area contributed by atoms with Crippen LogP contribution in [0.25, 0.3) is 0 Å². The van der Waals surface area contributed by atoms with Crippen LogP contribution in [0.4, 0.5) is 0 Å². The third-order valence-electron chi connectivity index (χ3n) is 4.12. The minimum Gasteiger partial charge on any atom is -0.143 e. The van der Waals surface area contributed by atoms with Crippen LogP contribution in [0.15, 0.2) is 4.34 Å². The van der Waals surface area contributed by atoms with E-state index < -0.39 is 0 Å². The highest BCUT2D eigenvalue weighted by molar-refractivity contribution is 8.00. The number of unbranched alkanes of at least 4 members (excludes halogenated alkanes) is 12. The van der Waals surface area contributed by atoms with Gasteiger partial charge in [-0.25, -0.2) is 0 Å². The molecule has 0 bridgehead atoms. The van der Waals surface area contributed by atoms with Crippen molar-refractivity contribution in [3.8, 4) is 0 Å². The number of hydrogen-bond acceptors (Lipinski definition) is 4. The lowest BCUT2D eigenvalue weighted by atomic mass is 10.0. The van der Waals surface area contributed by atoms with Crippen LogP contribution in [0, 0.1) is 0 Å². The summed E-state index contributed by atoms with van der Waals surface area (Å²) in [5, 5.41) is 9.59. The van der Waals surface area contributed by atoms with Crippen molar-refractivity contribution >= 4 is 23.1 Å². The molecule has 4 heteroatoms. The van der Waals surface area contributed by atoms with Crippen molar-refractivity contribution in [1.29, 1.82) is 0 Å². The van der Waals surface area contributed by atoms with Gasteiger partial charge in [0.25, 0.3) is 0 Å². The maximum absolute atomic E-state index is 4.23. The molecule has 0 aliphatic carbocycles. The van der Waals surface area contributed by atoms with Crippen molar-refractivity contribution in [1.82, 2.24) is 10.2 Å². The highest BCUT2D eigenvalue weighted by Gasteiger charge is 2.02. The SMILES string of the molecule is CCCCCCCCCCCCCCCc1nnc(SC)s1. The number of aromatic nitrogens is 2. The maximum atomic E-state index is 4.23. The predicted molar refractivity (Wildman–Crippen MR) is 101 cm³/mol. The average Bonchev–Trinajstić information content (AvgIpc) is 3.00. The molecule has 0 saturated carbocycles. The molecule has 128 valence electrons. The molecule has 0 aliphatic heterocycles. The van der Waals surface area contributed by atoms with Crippen LogP contribution in [-0.4, -0.2) is 16.5 Å². The average molecular weight is 343 g/mol. The molecular formula is C18H34N2S2. The third-order valence-corrected chi connectivity index (χ3v) is 6.08. The van der Waals surface area contributed by atoms with Crippen molar-refractivity contribution in [2.45, 2.75) is 101 Å². The lowest BCUT2D eigenvalue weighted by molar-refractivity contribution is 0.539. The summed E-state index contributed by atoms with van der Waals surface area (Å²) in [5.74, 6) is 0. The van der Waals surface area contributed by atoms with E-state index in [1.807, 2.05) is 0 Å². The molecule has 0 amide bonds. The first-order chi connectivity index (χ1) is 10.9. The van der Waals surface area contributed by atoms with E-state index in [9.17, 15) is 0 Å².